The third kappa shape index (κ3) is 4.41. The molecule has 0 aliphatic heterocycles. The summed E-state index contributed by atoms with van der Waals surface area (Å²) in [5.41, 5.74) is 1.08. The predicted molar refractivity (Wildman–Crippen MR) is 75.5 cm³/mol. The van der Waals surface area contributed by atoms with Gasteiger partial charge in [0.25, 0.3) is 0 Å². The molecule has 1 aromatic carbocycles. The second-order valence-electron chi connectivity index (χ2n) is 5.01. The molecule has 0 fully saturated rings. The lowest BCUT2D eigenvalue weighted by molar-refractivity contribution is 0.589. The van der Waals surface area contributed by atoms with E-state index in [1.54, 1.807) is 0 Å². The van der Waals surface area contributed by atoms with E-state index in [1.807, 2.05) is 45.0 Å². The van der Waals surface area contributed by atoms with E-state index in [0.717, 1.165) is 12.0 Å². The summed E-state index contributed by atoms with van der Waals surface area (Å²) in [6, 6.07) is 7.77. The van der Waals surface area contributed by atoms with Crippen molar-refractivity contribution in [2.75, 3.05) is 0 Å². The monoisotopic (exact) mass is 273 g/mol. The van der Waals surface area contributed by atoms with Crippen molar-refractivity contribution in [1.29, 1.82) is 0 Å². The number of benzene rings is 1. The van der Waals surface area contributed by atoms with Gasteiger partial charge >= 0.3 is 0 Å². The highest BCUT2D eigenvalue weighted by molar-refractivity contribution is 7.84. The summed E-state index contributed by atoms with van der Waals surface area (Å²) in [7, 11) is -1.07. The van der Waals surface area contributed by atoms with E-state index in [4.69, 9.17) is 11.6 Å². The SMILES string of the molecule is CC[C@H](NS(=O)C(C)(C)C)c1cccc(Cl)c1. The van der Waals surface area contributed by atoms with Crippen LogP contribution in [0.25, 0.3) is 0 Å². The highest BCUT2D eigenvalue weighted by Gasteiger charge is 2.22. The summed E-state index contributed by atoms with van der Waals surface area (Å²) >= 11 is 5.97. The van der Waals surface area contributed by atoms with Gasteiger partial charge in [-0.15, -0.1) is 0 Å². The summed E-state index contributed by atoms with van der Waals surface area (Å²) in [6.45, 7) is 7.95. The zero-order valence-corrected chi connectivity index (χ0v) is 12.4. The Bertz CT molecular complexity index is 401. The number of nitrogens with one attached hydrogen (secondary N) is 1. The first-order chi connectivity index (χ1) is 7.84. The quantitative estimate of drug-likeness (QED) is 0.887. The Balaban J connectivity index is 2.83. The Hall–Kier alpha value is -0.380. The van der Waals surface area contributed by atoms with E-state index in [0.29, 0.717) is 5.02 Å². The van der Waals surface area contributed by atoms with Crippen molar-refractivity contribution in [3.8, 4) is 0 Å². The topological polar surface area (TPSA) is 29.1 Å². The Labute approximate surface area is 111 Å². The van der Waals surface area contributed by atoms with Crippen LogP contribution in [0.2, 0.25) is 5.02 Å². The van der Waals surface area contributed by atoms with Crippen LogP contribution in [-0.4, -0.2) is 8.96 Å². The fourth-order valence-electron chi connectivity index (χ4n) is 1.42. The van der Waals surface area contributed by atoms with Crippen LogP contribution in [-0.2, 0) is 11.0 Å². The molecule has 1 unspecified atom stereocenters. The van der Waals surface area contributed by atoms with E-state index in [1.165, 1.54) is 0 Å². The van der Waals surface area contributed by atoms with Gasteiger partial charge in [-0.05, 0) is 44.9 Å². The van der Waals surface area contributed by atoms with E-state index in [2.05, 4.69) is 11.6 Å². The molecule has 0 saturated heterocycles. The predicted octanol–water partition coefficient (Wildman–Crippen LogP) is 3.84. The first-order valence-electron chi connectivity index (χ1n) is 5.78. The van der Waals surface area contributed by atoms with Crippen LogP contribution in [0.3, 0.4) is 0 Å². The van der Waals surface area contributed by atoms with Crippen LogP contribution in [0, 0.1) is 0 Å². The van der Waals surface area contributed by atoms with Gasteiger partial charge < -0.3 is 0 Å². The Kier molecular flexibility index (Phi) is 5.17. The second kappa shape index (κ2) is 5.98. The Morgan fingerprint density at radius 2 is 2.06 bits per heavy atom. The highest BCUT2D eigenvalue weighted by Crippen LogP contribution is 2.22. The van der Waals surface area contributed by atoms with Crippen LogP contribution >= 0.6 is 11.6 Å². The maximum Gasteiger partial charge on any atom is 0.0975 e. The summed E-state index contributed by atoms with van der Waals surface area (Å²) in [6.07, 6.45) is 0.877. The Morgan fingerprint density at radius 1 is 1.41 bits per heavy atom. The molecule has 4 heteroatoms. The van der Waals surface area contributed by atoms with Gasteiger partial charge in [0, 0.05) is 11.1 Å². The first-order valence-corrected chi connectivity index (χ1v) is 7.31. The van der Waals surface area contributed by atoms with Crippen molar-refractivity contribution in [2.24, 2.45) is 0 Å². The van der Waals surface area contributed by atoms with Crippen molar-refractivity contribution < 1.29 is 4.21 Å². The van der Waals surface area contributed by atoms with Crippen molar-refractivity contribution in [1.82, 2.24) is 4.72 Å². The lowest BCUT2D eigenvalue weighted by Gasteiger charge is -2.23. The second-order valence-corrected chi connectivity index (χ2v) is 7.45. The zero-order chi connectivity index (χ0) is 13.1. The van der Waals surface area contributed by atoms with Crippen LogP contribution < -0.4 is 4.72 Å². The van der Waals surface area contributed by atoms with Crippen molar-refractivity contribution in [3.63, 3.8) is 0 Å². The highest BCUT2D eigenvalue weighted by atomic mass is 35.5. The maximum absolute atomic E-state index is 12.1. The lowest BCUT2D eigenvalue weighted by atomic mass is 10.1. The number of rotatable bonds is 4. The normalized spacial score (nSPS) is 15.6. The summed E-state index contributed by atoms with van der Waals surface area (Å²) in [4.78, 5) is 0. The van der Waals surface area contributed by atoms with Gasteiger partial charge in [-0.25, -0.2) is 8.93 Å². The standard InChI is InChI=1S/C13H20ClNOS/c1-5-12(15-17(16)13(2,3)4)10-7-6-8-11(14)9-10/h6-9,12,15H,5H2,1-4H3/t12-,17?/m0/s1. The number of hydrogen-bond acceptors (Lipinski definition) is 1. The van der Waals surface area contributed by atoms with Crippen LogP contribution in [0.4, 0.5) is 0 Å². The smallest absolute Gasteiger partial charge is 0.0975 e. The minimum absolute atomic E-state index is 0.0776. The zero-order valence-electron chi connectivity index (χ0n) is 10.8. The fourth-order valence-corrected chi connectivity index (χ4v) is 2.53. The number of halogens is 1. The van der Waals surface area contributed by atoms with Gasteiger partial charge in [0.15, 0.2) is 0 Å². The fraction of sp³-hybridized carbons (Fsp3) is 0.538. The minimum atomic E-state index is -1.07. The van der Waals surface area contributed by atoms with Crippen molar-refractivity contribution in [3.05, 3.63) is 34.9 Å². The van der Waals surface area contributed by atoms with Gasteiger partial charge in [-0.3, -0.25) is 0 Å². The van der Waals surface area contributed by atoms with Gasteiger partial charge in [0.2, 0.25) is 0 Å². The molecule has 17 heavy (non-hydrogen) atoms. The maximum atomic E-state index is 12.1. The third-order valence-corrected chi connectivity index (χ3v) is 4.31. The molecule has 0 aliphatic carbocycles. The Morgan fingerprint density at radius 3 is 2.53 bits per heavy atom. The van der Waals surface area contributed by atoms with Gasteiger partial charge in [0.1, 0.15) is 0 Å². The van der Waals surface area contributed by atoms with Crippen LogP contribution in [0.1, 0.15) is 45.7 Å². The largest absolute Gasteiger partial charge is 0.242 e. The molecular formula is C13H20ClNOS. The third-order valence-electron chi connectivity index (χ3n) is 2.46. The molecule has 0 radical (unpaired) electrons. The molecule has 2 atom stereocenters. The summed E-state index contributed by atoms with van der Waals surface area (Å²) in [5.74, 6) is 0. The average molecular weight is 274 g/mol. The summed E-state index contributed by atoms with van der Waals surface area (Å²) in [5, 5.41) is 0.712. The molecule has 1 aromatic rings. The molecule has 0 aromatic heterocycles. The molecule has 0 aliphatic rings. The average Bonchev–Trinajstić information content (AvgIpc) is 2.24. The minimum Gasteiger partial charge on any atom is -0.242 e. The molecule has 0 heterocycles. The summed E-state index contributed by atoms with van der Waals surface area (Å²) < 4.78 is 15.0. The van der Waals surface area contributed by atoms with Crippen molar-refractivity contribution in [2.45, 2.75) is 44.9 Å². The molecule has 96 valence electrons. The molecule has 0 spiro atoms. The molecule has 1 N–H and O–H groups in total. The van der Waals surface area contributed by atoms with E-state index in [-0.39, 0.29) is 10.8 Å². The van der Waals surface area contributed by atoms with Crippen molar-refractivity contribution >= 4 is 22.6 Å². The van der Waals surface area contributed by atoms with E-state index >= 15 is 0 Å². The molecular weight excluding hydrogens is 254 g/mol. The molecule has 1 rings (SSSR count). The number of hydrogen-bond donors (Lipinski definition) is 1. The molecule has 0 bridgehead atoms. The lowest BCUT2D eigenvalue weighted by Crippen LogP contribution is -2.35. The van der Waals surface area contributed by atoms with Gasteiger partial charge in [-0.2, -0.15) is 0 Å². The molecule has 0 amide bonds. The molecule has 0 saturated carbocycles. The molecule has 2 nitrogen and oxygen atoms in total. The first kappa shape index (κ1) is 14.7. The van der Waals surface area contributed by atoms with E-state index in [9.17, 15) is 4.21 Å². The van der Waals surface area contributed by atoms with Crippen LogP contribution in [0.15, 0.2) is 24.3 Å². The van der Waals surface area contributed by atoms with Crippen LogP contribution in [0.5, 0.6) is 0 Å². The van der Waals surface area contributed by atoms with Gasteiger partial charge in [-0.1, -0.05) is 30.7 Å². The van der Waals surface area contributed by atoms with Gasteiger partial charge in [0.05, 0.1) is 15.7 Å². The van der Waals surface area contributed by atoms with E-state index < -0.39 is 11.0 Å².